The summed E-state index contributed by atoms with van der Waals surface area (Å²) in [6, 6.07) is 6.25. The Morgan fingerprint density at radius 1 is 1.40 bits per heavy atom. The second-order valence-electron chi connectivity index (χ2n) is 6.75. The monoisotopic (exact) mass is 334 g/mol. The summed E-state index contributed by atoms with van der Waals surface area (Å²) in [5.74, 6) is -0.148. The number of amides is 1. The first-order chi connectivity index (χ1) is 12.2. The smallest absolute Gasteiger partial charge is 0.231 e. The van der Waals surface area contributed by atoms with Crippen molar-refractivity contribution in [1.29, 1.82) is 5.26 Å². The van der Waals surface area contributed by atoms with Crippen LogP contribution in [0.5, 0.6) is 0 Å². The average molecular weight is 334 g/mol. The highest BCUT2D eigenvalue weighted by atomic mass is 16.2. The molecule has 5 heteroatoms. The summed E-state index contributed by atoms with van der Waals surface area (Å²) in [5, 5.41) is 10.9. The van der Waals surface area contributed by atoms with Crippen molar-refractivity contribution < 1.29 is 4.79 Å². The van der Waals surface area contributed by atoms with Gasteiger partial charge >= 0.3 is 0 Å². The van der Waals surface area contributed by atoms with Gasteiger partial charge in [0.15, 0.2) is 6.19 Å². The molecule has 1 amide bonds. The quantitative estimate of drug-likeness (QED) is 0.878. The van der Waals surface area contributed by atoms with Gasteiger partial charge in [0.05, 0.1) is 12.0 Å². The number of hydrogen-bond acceptors (Lipinski definition) is 3. The Hall–Kier alpha value is -2.74. The number of aromatic nitrogens is 1. The van der Waals surface area contributed by atoms with Crippen molar-refractivity contribution in [3.8, 4) is 6.19 Å². The minimum Gasteiger partial charge on any atom is -0.361 e. The molecular formula is C20H22N4O. The molecule has 0 saturated carbocycles. The SMILES string of the molecule is CCN(CC)C(=O)C1C=C2c3cccc4[nH]cc(c34)CC2N(C#N)C1. The topological polar surface area (TPSA) is 63.1 Å². The van der Waals surface area contributed by atoms with Gasteiger partial charge in [-0.15, -0.1) is 0 Å². The van der Waals surface area contributed by atoms with Crippen LogP contribution in [-0.4, -0.2) is 46.4 Å². The van der Waals surface area contributed by atoms with Crippen molar-refractivity contribution in [2.45, 2.75) is 26.3 Å². The predicted molar refractivity (Wildman–Crippen MR) is 97.5 cm³/mol. The highest BCUT2D eigenvalue weighted by molar-refractivity contribution is 5.99. The van der Waals surface area contributed by atoms with Crippen LogP contribution in [0, 0.1) is 17.4 Å². The lowest BCUT2D eigenvalue weighted by Gasteiger charge is -2.39. The van der Waals surface area contributed by atoms with Gasteiger partial charge < -0.3 is 14.8 Å². The van der Waals surface area contributed by atoms with Gasteiger partial charge in [-0.05, 0) is 43.0 Å². The maximum absolute atomic E-state index is 12.9. The predicted octanol–water partition coefficient (Wildman–Crippen LogP) is 2.76. The van der Waals surface area contributed by atoms with Gasteiger partial charge in [-0.2, -0.15) is 5.26 Å². The average Bonchev–Trinajstić information content (AvgIpc) is 3.06. The molecule has 1 N–H and O–H groups in total. The molecule has 1 aromatic heterocycles. The van der Waals surface area contributed by atoms with Crippen LogP contribution in [-0.2, 0) is 11.2 Å². The third-order valence-electron chi connectivity index (χ3n) is 5.54. The number of carbonyl (C=O) groups is 1. The molecule has 25 heavy (non-hydrogen) atoms. The van der Waals surface area contributed by atoms with Crippen molar-refractivity contribution in [3.05, 3.63) is 41.6 Å². The van der Waals surface area contributed by atoms with Crippen LogP contribution in [0.25, 0.3) is 16.5 Å². The summed E-state index contributed by atoms with van der Waals surface area (Å²) in [5.41, 5.74) is 4.65. The Morgan fingerprint density at radius 2 is 2.20 bits per heavy atom. The molecule has 0 radical (unpaired) electrons. The molecule has 0 bridgehead atoms. The van der Waals surface area contributed by atoms with Crippen molar-refractivity contribution in [1.82, 2.24) is 14.8 Å². The second-order valence-corrected chi connectivity index (χ2v) is 6.75. The number of nitrogens with one attached hydrogen (secondary N) is 1. The van der Waals surface area contributed by atoms with Crippen molar-refractivity contribution >= 4 is 22.4 Å². The molecule has 128 valence electrons. The molecule has 0 saturated heterocycles. The number of nitrogens with zero attached hydrogens (tertiary/aromatic N) is 3. The van der Waals surface area contributed by atoms with Crippen LogP contribution < -0.4 is 0 Å². The molecule has 2 heterocycles. The third kappa shape index (κ3) is 2.32. The lowest BCUT2D eigenvalue weighted by atomic mass is 9.79. The zero-order chi connectivity index (χ0) is 17.6. The first kappa shape index (κ1) is 15.8. The molecule has 2 aromatic rings. The van der Waals surface area contributed by atoms with Gasteiger partial charge in [0, 0.05) is 36.7 Å². The largest absolute Gasteiger partial charge is 0.361 e. The number of hydrogen-bond donors (Lipinski definition) is 1. The summed E-state index contributed by atoms with van der Waals surface area (Å²) >= 11 is 0. The van der Waals surface area contributed by atoms with Gasteiger partial charge in [-0.25, -0.2) is 0 Å². The van der Waals surface area contributed by atoms with E-state index >= 15 is 0 Å². The highest BCUT2D eigenvalue weighted by Gasteiger charge is 2.37. The van der Waals surface area contributed by atoms with E-state index in [9.17, 15) is 10.1 Å². The first-order valence-electron chi connectivity index (χ1n) is 8.94. The van der Waals surface area contributed by atoms with E-state index in [1.54, 1.807) is 4.90 Å². The summed E-state index contributed by atoms with van der Waals surface area (Å²) in [4.78, 5) is 19.8. The molecule has 2 unspecified atom stereocenters. The van der Waals surface area contributed by atoms with Crippen LogP contribution in [0.3, 0.4) is 0 Å². The summed E-state index contributed by atoms with van der Waals surface area (Å²) in [6.07, 6.45) is 7.30. The Bertz CT molecular complexity index is 900. The fourth-order valence-corrected chi connectivity index (χ4v) is 4.27. The molecule has 5 nitrogen and oxygen atoms in total. The summed E-state index contributed by atoms with van der Waals surface area (Å²) in [7, 11) is 0. The highest BCUT2D eigenvalue weighted by Crippen LogP contribution is 2.41. The van der Waals surface area contributed by atoms with Gasteiger partial charge in [-0.3, -0.25) is 4.79 Å². The normalized spacial score (nSPS) is 21.5. The van der Waals surface area contributed by atoms with Gasteiger partial charge in [0.25, 0.3) is 0 Å². The Morgan fingerprint density at radius 3 is 2.92 bits per heavy atom. The van der Waals surface area contributed by atoms with E-state index in [0.29, 0.717) is 19.6 Å². The standard InChI is InChI=1S/C20H22N4O/c1-3-23(4-2)20(25)14-8-16-15-6-5-7-17-19(15)13(10-22-17)9-18(16)24(11-14)12-21/h5-8,10,14,18,22H,3-4,9,11H2,1-2H3. The van der Waals surface area contributed by atoms with E-state index in [4.69, 9.17) is 0 Å². The number of rotatable bonds is 3. The van der Waals surface area contributed by atoms with Crippen LogP contribution in [0.15, 0.2) is 30.5 Å². The molecule has 0 fully saturated rings. The van der Waals surface area contributed by atoms with Gasteiger partial charge in [-0.1, -0.05) is 18.2 Å². The van der Waals surface area contributed by atoms with E-state index in [-0.39, 0.29) is 17.9 Å². The molecule has 1 aliphatic heterocycles. The molecular weight excluding hydrogens is 312 g/mol. The number of nitriles is 1. The Labute approximate surface area is 147 Å². The lowest BCUT2D eigenvalue weighted by Crippen LogP contribution is -2.47. The minimum absolute atomic E-state index is 0.0275. The zero-order valence-electron chi connectivity index (χ0n) is 14.6. The molecule has 0 spiro atoms. The van der Waals surface area contributed by atoms with Gasteiger partial charge in [0.1, 0.15) is 0 Å². The van der Waals surface area contributed by atoms with E-state index in [1.807, 2.05) is 31.0 Å². The minimum atomic E-state index is -0.262. The van der Waals surface area contributed by atoms with Crippen LogP contribution in [0.1, 0.15) is 25.0 Å². The lowest BCUT2D eigenvalue weighted by molar-refractivity contribution is -0.134. The van der Waals surface area contributed by atoms with Crippen molar-refractivity contribution in [3.63, 3.8) is 0 Å². The van der Waals surface area contributed by atoms with Crippen molar-refractivity contribution in [2.75, 3.05) is 19.6 Å². The second kappa shape index (κ2) is 5.96. The number of fused-ring (bicyclic) bond motifs is 2. The van der Waals surface area contributed by atoms with Gasteiger partial charge in [0.2, 0.25) is 5.91 Å². The van der Waals surface area contributed by atoms with E-state index < -0.39 is 0 Å². The van der Waals surface area contributed by atoms with Crippen molar-refractivity contribution in [2.24, 2.45) is 5.92 Å². The van der Waals surface area contributed by atoms with E-state index in [2.05, 4.69) is 29.4 Å². The summed E-state index contributed by atoms with van der Waals surface area (Å²) < 4.78 is 0. The first-order valence-corrected chi connectivity index (χ1v) is 8.94. The van der Waals surface area contributed by atoms with Crippen LogP contribution in [0.4, 0.5) is 0 Å². The van der Waals surface area contributed by atoms with E-state index in [1.165, 1.54) is 10.9 Å². The Balaban J connectivity index is 1.83. The Kier molecular flexibility index (Phi) is 3.76. The summed E-state index contributed by atoms with van der Waals surface area (Å²) in [6.45, 7) is 5.85. The van der Waals surface area contributed by atoms with Crippen LogP contribution in [0.2, 0.25) is 0 Å². The number of benzene rings is 1. The fraction of sp³-hybridized carbons (Fsp3) is 0.400. The van der Waals surface area contributed by atoms with E-state index in [0.717, 1.165) is 23.1 Å². The number of carbonyl (C=O) groups excluding carboxylic acids is 1. The molecule has 4 rings (SSSR count). The molecule has 2 atom stereocenters. The maximum Gasteiger partial charge on any atom is 0.231 e. The van der Waals surface area contributed by atoms with Crippen LogP contribution >= 0.6 is 0 Å². The number of H-pyrrole nitrogens is 1. The molecule has 1 aliphatic carbocycles. The molecule has 2 aliphatic rings. The maximum atomic E-state index is 12.9. The third-order valence-corrected chi connectivity index (χ3v) is 5.54. The molecule has 1 aromatic carbocycles. The zero-order valence-corrected chi connectivity index (χ0v) is 14.6. The fourth-order valence-electron chi connectivity index (χ4n) is 4.27. The number of aromatic amines is 1.